The molecule has 0 radical (unpaired) electrons. The Morgan fingerprint density at radius 2 is 1.89 bits per heavy atom. The van der Waals surface area contributed by atoms with Crippen molar-refractivity contribution in [2.45, 2.75) is 31.5 Å². The first-order valence-electron chi connectivity index (χ1n) is 9.38. The average molecular weight is 372 g/mol. The molecule has 6 heteroatoms. The molecule has 1 saturated heterocycles. The molecule has 4 rings (SSSR count). The maximum Gasteiger partial charge on any atom is 0.231 e. The Bertz CT molecular complexity index is 793. The highest BCUT2D eigenvalue weighted by molar-refractivity contribution is 5.44. The predicted molar refractivity (Wildman–Crippen MR) is 100 cm³/mol. The highest BCUT2D eigenvalue weighted by atomic mass is 19.1. The van der Waals surface area contributed by atoms with Crippen LogP contribution in [0.25, 0.3) is 0 Å². The van der Waals surface area contributed by atoms with E-state index >= 15 is 0 Å². The number of hydrogen-bond acceptors (Lipinski definition) is 5. The number of piperidine rings is 1. The molecule has 27 heavy (non-hydrogen) atoms. The maximum absolute atomic E-state index is 13.6. The van der Waals surface area contributed by atoms with Gasteiger partial charge in [0.05, 0.1) is 5.60 Å². The van der Waals surface area contributed by atoms with Gasteiger partial charge in [-0.3, -0.25) is 4.90 Å². The lowest BCUT2D eigenvalue weighted by Crippen LogP contribution is -2.52. The number of aliphatic hydroxyl groups is 1. The van der Waals surface area contributed by atoms with Gasteiger partial charge in [0.1, 0.15) is 5.82 Å². The van der Waals surface area contributed by atoms with Crippen LogP contribution < -0.4 is 14.8 Å². The Hall–Kier alpha value is -2.15. The number of rotatable bonds is 6. The van der Waals surface area contributed by atoms with E-state index < -0.39 is 5.60 Å². The minimum absolute atomic E-state index is 0.242. The molecule has 5 nitrogen and oxygen atoms in total. The SMILES string of the molecule is O[C@]1(CN(Cc2cccc(F)c2)Cc2ccc3c(c2)OCO3)CCCNC1. The maximum atomic E-state index is 13.6. The molecule has 0 aliphatic carbocycles. The van der Waals surface area contributed by atoms with Gasteiger partial charge >= 0.3 is 0 Å². The number of nitrogens with zero attached hydrogens (tertiary/aromatic N) is 1. The quantitative estimate of drug-likeness (QED) is 0.817. The number of benzene rings is 2. The molecule has 2 aliphatic rings. The summed E-state index contributed by atoms with van der Waals surface area (Å²) in [5, 5.41) is 14.3. The van der Waals surface area contributed by atoms with E-state index in [9.17, 15) is 9.50 Å². The van der Waals surface area contributed by atoms with E-state index in [0.29, 0.717) is 26.2 Å². The van der Waals surface area contributed by atoms with Crippen molar-refractivity contribution in [2.75, 3.05) is 26.4 Å². The molecule has 2 N–H and O–H groups in total. The van der Waals surface area contributed by atoms with Gasteiger partial charge in [0, 0.05) is 26.2 Å². The molecule has 0 spiro atoms. The zero-order valence-electron chi connectivity index (χ0n) is 15.3. The van der Waals surface area contributed by atoms with Crippen LogP contribution in [0.1, 0.15) is 24.0 Å². The summed E-state index contributed by atoms with van der Waals surface area (Å²) in [5.74, 6) is 1.26. The van der Waals surface area contributed by atoms with E-state index in [0.717, 1.165) is 42.0 Å². The van der Waals surface area contributed by atoms with Crippen LogP contribution in [0.2, 0.25) is 0 Å². The third-order valence-corrected chi connectivity index (χ3v) is 5.11. The van der Waals surface area contributed by atoms with Crippen LogP contribution in [0, 0.1) is 5.82 Å². The fourth-order valence-corrected chi connectivity index (χ4v) is 3.86. The molecular formula is C21H25FN2O3. The minimum atomic E-state index is -0.776. The number of fused-ring (bicyclic) bond motifs is 1. The summed E-state index contributed by atoms with van der Waals surface area (Å²) < 4.78 is 24.5. The van der Waals surface area contributed by atoms with Crippen LogP contribution in [0.15, 0.2) is 42.5 Å². The first-order chi connectivity index (χ1) is 13.1. The van der Waals surface area contributed by atoms with Crippen LogP contribution in [0.4, 0.5) is 4.39 Å². The number of nitrogens with one attached hydrogen (secondary N) is 1. The van der Waals surface area contributed by atoms with Crippen molar-refractivity contribution in [1.29, 1.82) is 0 Å². The van der Waals surface area contributed by atoms with Crippen molar-refractivity contribution < 1.29 is 19.0 Å². The molecule has 0 saturated carbocycles. The number of halogens is 1. The van der Waals surface area contributed by atoms with Crippen molar-refractivity contribution in [3.63, 3.8) is 0 Å². The number of ether oxygens (including phenoxy) is 2. The molecule has 0 unspecified atom stereocenters. The van der Waals surface area contributed by atoms with Crippen LogP contribution in [0.3, 0.4) is 0 Å². The summed E-state index contributed by atoms with van der Waals surface area (Å²) in [6.07, 6.45) is 1.72. The summed E-state index contributed by atoms with van der Waals surface area (Å²) in [4.78, 5) is 2.17. The van der Waals surface area contributed by atoms with Gasteiger partial charge in [-0.15, -0.1) is 0 Å². The van der Waals surface area contributed by atoms with Crippen molar-refractivity contribution >= 4 is 0 Å². The molecule has 0 bridgehead atoms. The molecule has 2 aromatic rings. The molecule has 0 amide bonds. The van der Waals surface area contributed by atoms with Gasteiger partial charge in [-0.2, -0.15) is 0 Å². The standard InChI is InChI=1S/C21H25FN2O3/c22-18-4-1-3-16(9-18)11-24(14-21(25)7-2-8-23-13-21)12-17-5-6-19-20(10-17)27-15-26-19/h1,3-6,9-10,23,25H,2,7-8,11-15H2/t21-/m1/s1. The Morgan fingerprint density at radius 1 is 1.07 bits per heavy atom. The van der Waals surface area contributed by atoms with Crippen LogP contribution in [0.5, 0.6) is 11.5 Å². The first-order valence-corrected chi connectivity index (χ1v) is 9.38. The number of hydrogen-bond donors (Lipinski definition) is 2. The predicted octanol–water partition coefficient (Wildman–Crippen LogP) is 2.67. The van der Waals surface area contributed by atoms with Gasteiger partial charge in [-0.1, -0.05) is 18.2 Å². The van der Waals surface area contributed by atoms with Gasteiger partial charge in [0.25, 0.3) is 0 Å². The molecule has 1 atom stereocenters. The Balaban J connectivity index is 1.53. The number of β-amino-alcohol motifs (C(OH)–C–C–N with tert-alkyl or cyclic N) is 1. The molecular weight excluding hydrogens is 347 g/mol. The van der Waals surface area contributed by atoms with Crippen LogP contribution in [-0.2, 0) is 13.1 Å². The van der Waals surface area contributed by atoms with Crippen LogP contribution >= 0.6 is 0 Å². The van der Waals surface area contributed by atoms with Gasteiger partial charge < -0.3 is 19.9 Å². The van der Waals surface area contributed by atoms with Gasteiger partial charge in [-0.25, -0.2) is 4.39 Å². The molecule has 144 valence electrons. The largest absolute Gasteiger partial charge is 0.454 e. The average Bonchev–Trinajstić information content (AvgIpc) is 3.10. The Labute approximate surface area is 158 Å². The van der Waals surface area contributed by atoms with E-state index in [1.165, 1.54) is 6.07 Å². The molecule has 0 aromatic heterocycles. The molecule has 2 aliphatic heterocycles. The third-order valence-electron chi connectivity index (χ3n) is 5.11. The summed E-state index contributed by atoms with van der Waals surface area (Å²) >= 11 is 0. The van der Waals surface area contributed by atoms with E-state index in [1.807, 2.05) is 24.3 Å². The summed E-state index contributed by atoms with van der Waals surface area (Å²) in [7, 11) is 0. The van der Waals surface area contributed by atoms with E-state index in [1.54, 1.807) is 12.1 Å². The molecule has 1 fully saturated rings. The Kier molecular flexibility index (Phi) is 5.29. The smallest absolute Gasteiger partial charge is 0.231 e. The normalized spacial score (nSPS) is 21.6. The lowest BCUT2D eigenvalue weighted by molar-refractivity contribution is -0.0194. The summed E-state index contributed by atoms with van der Waals surface area (Å²) in [6, 6.07) is 12.5. The van der Waals surface area contributed by atoms with E-state index in [4.69, 9.17) is 9.47 Å². The van der Waals surface area contributed by atoms with Gasteiger partial charge in [0.15, 0.2) is 11.5 Å². The topological polar surface area (TPSA) is 54.0 Å². The van der Waals surface area contributed by atoms with Crippen molar-refractivity contribution in [3.8, 4) is 11.5 Å². The molecule has 2 aromatic carbocycles. The first kappa shape index (κ1) is 18.2. The minimum Gasteiger partial charge on any atom is -0.454 e. The highest BCUT2D eigenvalue weighted by Gasteiger charge is 2.31. The zero-order valence-corrected chi connectivity index (χ0v) is 15.3. The second-order valence-corrected chi connectivity index (χ2v) is 7.47. The zero-order chi connectivity index (χ0) is 18.7. The summed E-state index contributed by atoms with van der Waals surface area (Å²) in [5.41, 5.74) is 1.19. The second-order valence-electron chi connectivity index (χ2n) is 7.47. The lowest BCUT2D eigenvalue weighted by Gasteiger charge is -2.37. The van der Waals surface area contributed by atoms with Crippen molar-refractivity contribution in [1.82, 2.24) is 10.2 Å². The van der Waals surface area contributed by atoms with Crippen molar-refractivity contribution in [3.05, 3.63) is 59.4 Å². The summed E-state index contributed by atoms with van der Waals surface area (Å²) in [6.45, 7) is 3.48. The monoisotopic (exact) mass is 372 g/mol. The third kappa shape index (κ3) is 4.58. The highest BCUT2D eigenvalue weighted by Crippen LogP contribution is 2.33. The van der Waals surface area contributed by atoms with Gasteiger partial charge in [0.2, 0.25) is 6.79 Å². The second kappa shape index (κ2) is 7.84. The van der Waals surface area contributed by atoms with Gasteiger partial charge in [-0.05, 0) is 54.8 Å². The fourth-order valence-electron chi connectivity index (χ4n) is 3.86. The van der Waals surface area contributed by atoms with E-state index in [2.05, 4.69) is 10.2 Å². The Morgan fingerprint density at radius 3 is 2.67 bits per heavy atom. The molecule has 2 heterocycles. The lowest BCUT2D eigenvalue weighted by atomic mass is 9.93. The van der Waals surface area contributed by atoms with E-state index in [-0.39, 0.29) is 12.6 Å². The fraction of sp³-hybridized carbons (Fsp3) is 0.429. The van der Waals surface area contributed by atoms with Crippen molar-refractivity contribution in [2.24, 2.45) is 0 Å². The van der Waals surface area contributed by atoms with Crippen LogP contribution in [-0.4, -0.2) is 42.0 Å².